The van der Waals surface area contributed by atoms with Crippen LogP contribution in [0.5, 0.6) is 0 Å². The van der Waals surface area contributed by atoms with Crippen LogP contribution in [-0.2, 0) is 0 Å². The van der Waals surface area contributed by atoms with Gasteiger partial charge in [-0.2, -0.15) is 5.26 Å². The maximum Gasteiger partial charge on any atom is 0.252 e. The number of nitriles is 1. The summed E-state index contributed by atoms with van der Waals surface area (Å²) in [4.78, 5) is 36.6. The van der Waals surface area contributed by atoms with Crippen LogP contribution in [0, 0.1) is 11.3 Å². The zero-order chi connectivity index (χ0) is 75.6. The first-order valence-electron chi connectivity index (χ1n) is 38.3. The highest BCUT2D eigenvalue weighted by Gasteiger charge is 2.44. The van der Waals surface area contributed by atoms with Crippen LogP contribution in [0.25, 0.3) is 151 Å². The molecule has 0 atom stereocenters. The molecule has 0 fully saturated rings. The minimum atomic E-state index is -0.187. The van der Waals surface area contributed by atoms with E-state index < -0.39 is 0 Å². The van der Waals surface area contributed by atoms with Crippen LogP contribution in [0.2, 0.25) is 0 Å². The predicted octanol–water partition coefficient (Wildman–Crippen LogP) is 23.4. The maximum atomic E-state index is 10.9. The van der Waals surface area contributed by atoms with E-state index in [-0.39, 0.29) is 6.71 Å². The molecular formula is C103H65BN10. The Bertz CT molecular complexity index is 6630. The summed E-state index contributed by atoms with van der Waals surface area (Å²) in [5.41, 5.74) is 28.9. The Hall–Kier alpha value is -15.5. The lowest BCUT2D eigenvalue weighted by molar-refractivity contribution is 1.06. The van der Waals surface area contributed by atoms with E-state index in [9.17, 15) is 5.26 Å². The minimum Gasteiger partial charge on any atom is -0.311 e. The van der Waals surface area contributed by atoms with Gasteiger partial charge in [0.05, 0.1) is 28.4 Å². The Morgan fingerprint density at radius 3 is 0.974 bits per heavy atom. The lowest BCUT2D eigenvalue weighted by Crippen LogP contribution is -2.61. The van der Waals surface area contributed by atoms with Crippen molar-refractivity contribution in [3.63, 3.8) is 0 Å². The highest BCUT2D eigenvalue weighted by Crippen LogP contribution is 2.50. The van der Waals surface area contributed by atoms with Crippen LogP contribution in [0.1, 0.15) is 5.56 Å². The van der Waals surface area contributed by atoms with Crippen LogP contribution >= 0.6 is 0 Å². The second kappa shape index (κ2) is 28.2. The smallest absolute Gasteiger partial charge is 0.252 e. The van der Waals surface area contributed by atoms with Gasteiger partial charge in [0.2, 0.25) is 0 Å². The Kier molecular flexibility index (Phi) is 16.5. The largest absolute Gasteiger partial charge is 0.311 e. The van der Waals surface area contributed by atoms with Crippen molar-refractivity contribution >= 4 is 79.0 Å². The van der Waals surface area contributed by atoms with Gasteiger partial charge < -0.3 is 14.4 Å². The van der Waals surface area contributed by atoms with E-state index in [1.807, 2.05) is 140 Å². The number of hydrogen-bond acceptors (Lipinski definition) is 9. The summed E-state index contributed by atoms with van der Waals surface area (Å²) >= 11 is 0. The number of nitrogens with zero attached hydrogens (tertiary/aromatic N) is 10. The first kappa shape index (κ1) is 66.7. The van der Waals surface area contributed by atoms with Crippen molar-refractivity contribution in [1.82, 2.24) is 34.5 Å². The molecule has 0 aliphatic carbocycles. The fourth-order valence-corrected chi connectivity index (χ4v) is 16.6. The van der Waals surface area contributed by atoms with E-state index in [4.69, 9.17) is 29.9 Å². The van der Waals surface area contributed by atoms with Gasteiger partial charge >= 0.3 is 0 Å². The van der Waals surface area contributed by atoms with Gasteiger partial charge in [-0.1, -0.05) is 309 Å². The Balaban J connectivity index is 0.835. The number of aromatic nitrogens is 7. The molecular weight excluding hydrogens is 1390 g/mol. The molecule has 3 aromatic heterocycles. The van der Waals surface area contributed by atoms with Gasteiger partial charge in [-0.25, -0.2) is 29.9 Å². The average Bonchev–Trinajstić information content (AvgIpc) is 1.17. The first-order chi connectivity index (χ1) is 56.4. The summed E-state index contributed by atoms with van der Waals surface area (Å²) in [6.07, 6.45) is 0. The molecule has 0 unspecified atom stereocenters. The lowest BCUT2D eigenvalue weighted by atomic mass is 9.33. The van der Waals surface area contributed by atoms with Crippen LogP contribution < -0.4 is 26.2 Å². The summed E-state index contributed by atoms with van der Waals surface area (Å²) in [5.74, 6) is 3.03. The third-order valence-corrected chi connectivity index (χ3v) is 22.1. The van der Waals surface area contributed by atoms with E-state index >= 15 is 0 Å². The number of anilines is 6. The highest BCUT2D eigenvalue weighted by atomic mass is 15.2. The number of rotatable bonds is 14. The van der Waals surface area contributed by atoms with Crippen molar-refractivity contribution in [2.75, 3.05) is 9.80 Å². The van der Waals surface area contributed by atoms with Crippen molar-refractivity contribution < 1.29 is 0 Å². The third kappa shape index (κ3) is 11.9. The molecule has 530 valence electrons. The van der Waals surface area contributed by atoms with E-state index in [2.05, 4.69) is 275 Å². The zero-order valence-electron chi connectivity index (χ0n) is 61.6. The van der Waals surface area contributed by atoms with Crippen LogP contribution in [-0.4, -0.2) is 41.2 Å². The molecule has 0 spiro atoms. The van der Waals surface area contributed by atoms with Gasteiger partial charge in [0.25, 0.3) is 6.71 Å². The van der Waals surface area contributed by atoms with Crippen LogP contribution in [0.15, 0.2) is 394 Å². The Morgan fingerprint density at radius 1 is 0.228 bits per heavy atom. The van der Waals surface area contributed by atoms with E-state index in [0.29, 0.717) is 46.1 Å². The zero-order valence-corrected chi connectivity index (χ0v) is 61.6. The molecule has 11 heteroatoms. The summed E-state index contributed by atoms with van der Waals surface area (Å²) < 4.78 is 2.30. The molecule has 19 aromatic rings. The van der Waals surface area contributed by atoms with Crippen molar-refractivity contribution in [1.29, 1.82) is 5.26 Å². The quantitative estimate of drug-likeness (QED) is 0.0982. The van der Waals surface area contributed by atoms with Crippen molar-refractivity contribution in [2.24, 2.45) is 0 Å². The van der Waals surface area contributed by atoms with Crippen molar-refractivity contribution in [3.05, 3.63) is 400 Å². The molecule has 114 heavy (non-hydrogen) atoms. The fraction of sp³-hybridized carbons (Fsp3) is 0. The molecule has 0 N–H and O–H groups in total. The van der Waals surface area contributed by atoms with Gasteiger partial charge in [0.1, 0.15) is 0 Å². The summed E-state index contributed by atoms with van der Waals surface area (Å²) in [6, 6.07) is 142. The Labute approximate surface area is 660 Å². The van der Waals surface area contributed by atoms with E-state index in [1.165, 1.54) is 16.4 Å². The van der Waals surface area contributed by atoms with Gasteiger partial charge in [0.15, 0.2) is 34.9 Å². The summed E-state index contributed by atoms with van der Waals surface area (Å²) in [5, 5.41) is 12.9. The number of benzene rings is 16. The van der Waals surface area contributed by atoms with Crippen LogP contribution in [0.3, 0.4) is 0 Å². The SMILES string of the molecule is N#Cc1ccc(-n2c3ccc(-c4cc5c6c(c4)N(c4ccc(-c7ccccc7)cc4)c4cc(-c7ccccc7)ccc4B6c4ccc(-c6ccccc6)cc4N5c4ccc(-c5ccccc5)cc4)cc3c3ccc(-c4nc(-c5ccccc5)nc(-c5ccccc5)n4)cc32)c(-c2nc(-c3ccccc3)nc(-c3ccccc3)n2)c1. The molecule has 2 aliphatic rings. The molecule has 0 saturated heterocycles. The molecule has 16 aromatic carbocycles. The second-order valence-electron chi connectivity index (χ2n) is 28.9. The van der Waals surface area contributed by atoms with E-state index in [0.717, 1.165) is 145 Å². The summed E-state index contributed by atoms with van der Waals surface area (Å²) in [7, 11) is 0. The van der Waals surface area contributed by atoms with Gasteiger partial charge in [-0.3, -0.25) is 0 Å². The monoisotopic (exact) mass is 1450 g/mol. The molecule has 0 amide bonds. The predicted molar refractivity (Wildman–Crippen MR) is 466 cm³/mol. The fourth-order valence-electron chi connectivity index (χ4n) is 16.6. The number of fused-ring (bicyclic) bond motifs is 7. The van der Waals surface area contributed by atoms with Gasteiger partial charge in [0, 0.05) is 78.3 Å². The van der Waals surface area contributed by atoms with E-state index in [1.54, 1.807) is 0 Å². The molecule has 0 saturated carbocycles. The van der Waals surface area contributed by atoms with Crippen molar-refractivity contribution in [2.45, 2.75) is 0 Å². The molecule has 10 nitrogen and oxygen atoms in total. The topological polar surface area (TPSA) is 113 Å². The normalized spacial score (nSPS) is 12.0. The standard InChI is InChI=1S/C103H65BN10/c105-66-67-41-57-91(87(59-67)103-110-100(76-37-21-7-22-38-76)107-101(111-103)77-39-23-8-24-40-77)114-90-58-49-78(60-86(90)85-54-46-81(63-92(85)114)102-108-98(74-33-17-5-18-34-74)106-99(109-102)75-35-19-6-20-36-75)82-64-95-97-96(65-82)113(84-52-44-73(45-53-84)69-27-11-2-12-28-69)94-62-80(71-31-15-4-16-32-71)48-56-89(94)104(97)88-55-47-79(70-29-13-3-14-30-70)61-93(88)112(95)83-50-42-72(43-51-83)68-25-9-1-10-26-68/h1-65H. The molecule has 5 heterocycles. The molecule has 2 aliphatic heterocycles. The van der Waals surface area contributed by atoms with Gasteiger partial charge in [-0.05, 0) is 157 Å². The molecule has 0 bridgehead atoms. The lowest BCUT2D eigenvalue weighted by Gasteiger charge is -2.44. The summed E-state index contributed by atoms with van der Waals surface area (Å²) in [6.45, 7) is -0.187. The molecule has 0 radical (unpaired) electrons. The Morgan fingerprint density at radius 2 is 0.561 bits per heavy atom. The average molecular weight is 1450 g/mol. The minimum absolute atomic E-state index is 0.187. The third-order valence-electron chi connectivity index (χ3n) is 22.1. The number of hydrogen-bond donors (Lipinski definition) is 0. The van der Waals surface area contributed by atoms with Crippen LogP contribution in [0.4, 0.5) is 34.1 Å². The second-order valence-corrected chi connectivity index (χ2v) is 28.9. The first-order valence-corrected chi connectivity index (χ1v) is 38.3. The highest BCUT2D eigenvalue weighted by molar-refractivity contribution is 7.00. The van der Waals surface area contributed by atoms with Crippen molar-refractivity contribution in [3.8, 4) is 136 Å². The van der Waals surface area contributed by atoms with Gasteiger partial charge in [-0.15, -0.1) is 0 Å². The maximum absolute atomic E-state index is 10.9. The molecule has 21 rings (SSSR count).